The lowest BCUT2D eigenvalue weighted by atomic mass is 10.1. The first-order valence-electron chi connectivity index (χ1n) is 6.13. The molecule has 0 bridgehead atoms. The Labute approximate surface area is 105 Å². The van der Waals surface area contributed by atoms with Crippen molar-refractivity contribution in [3.8, 4) is 5.75 Å². The van der Waals surface area contributed by atoms with E-state index in [0.717, 1.165) is 18.4 Å². The summed E-state index contributed by atoms with van der Waals surface area (Å²) < 4.78 is 7.13. The summed E-state index contributed by atoms with van der Waals surface area (Å²) >= 11 is 0. The number of pyridine rings is 1. The van der Waals surface area contributed by atoms with Gasteiger partial charge in [0.25, 0.3) is 5.56 Å². The van der Waals surface area contributed by atoms with Crippen molar-refractivity contribution in [1.82, 2.24) is 4.57 Å². The average Bonchev–Trinajstić information content (AvgIpc) is 2.40. The molecule has 0 amide bonds. The fraction of sp³-hybridized carbons (Fsp3) is 0.357. The number of fused-ring (bicyclic) bond motifs is 1. The summed E-state index contributed by atoms with van der Waals surface area (Å²) in [6.45, 7) is 2.95. The summed E-state index contributed by atoms with van der Waals surface area (Å²) in [4.78, 5) is 12.2. The number of hydrogen-bond acceptors (Lipinski definition) is 3. The number of aliphatic hydroxyl groups excluding tert-OH is 1. The molecule has 0 aliphatic carbocycles. The molecule has 0 atom stereocenters. The van der Waals surface area contributed by atoms with Crippen molar-refractivity contribution in [2.45, 2.75) is 19.9 Å². The summed E-state index contributed by atoms with van der Waals surface area (Å²) in [6.07, 6.45) is 2.71. The summed E-state index contributed by atoms with van der Waals surface area (Å²) in [5, 5.41) is 10.2. The molecule has 0 spiro atoms. The second-order valence-corrected chi connectivity index (χ2v) is 4.10. The number of rotatable bonds is 5. The van der Waals surface area contributed by atoms with E-state index in [-0.39, 0.29) is 18.8 Å². The molecule has 96 valence electrons. The second-order valence-electron chi connectivity index (χ2n) is 4.10. The molecule has 4 heteroatoms. The Morgan fingerprint density at radius 3 is 2.83 bits per heavy atom. The highest BCUT2D eigenvalue weighted by atomic mass is 16.5. The molecule has 18 heavy (non-hydrogen) atoms. The summed E-state index contributed by atoms with van der Waals surface area (Å²) in [5.41, 5.74) is 0.00352. The third-order valence-corrected chi connectivity index (χ3v) is 2.79. The van der Waals surface area contributed by atoms with Crippen LogP contribution in [-0.2, 0) is 6.54 Å². The fourth-order valence-corrected chi connectivity index (χ4v) is 1.99. The van der Waals surface area contributed by atoms with Gasteiger partial charge in [-0.3, -0.25) is 4.79 Å². The molecule has 0 saturated heterocycles. The largest absolute Gasteiger partial charge is 0.491 e. The highest BCUT2D eigenvalue weighted by Crippen LogP contribution is 2.22. The topological polar surface area (TPSA) is 51.5 Å². The van der Waals surface area contributed by atoms with Crippen LogP contribution in [0.1, 0.15) is 13.3 Å². The van der Waals surface area contributed by atoms with Crippen molar-refractivity contribution >= 4 is 10.8 Å². The van der Waals surface area contributed by atoms with Crippen LogP contribution in [0, 0.1) is 0 Å². The maximum Gasteiger partial charge on any atom is 0.258 e. The second kappa shape index (κ2) is 5.69. The van der Waals surface area contributed by atoms with Gasteiger partial charge in [-0.25, -0.2) is 0 Å². The Hall–Kier alpha value is -1.81. The molecule has 0 radical (unpaired) electrons. The lowest BCUT2D eigenvalue weighted by Gasteiger charge is -2.10. The molecule has 0 aliphatic heterocycles. The number of hydrogen-bond donors (Lipinski definition) is 1. The molecule has 1 aromatic carbocycles. The van der Waals surface area contributed by atoms with Gasteiger partial charge >= 0.3 is 0 Å². The number of aliphatic hydroxyl groups is 1. The van der Waals surface area contributed by atoms with Gasteiger partial charge in [-0.2, -0.15) is 0 Å². The van der Waals surface area contributed by atoms with Crippen LogP contribution >= 0.6 is 0 Å². The fourth-order valence-electron chi connectivity index (χ4n) is 1.99. The van der Waals surface area contributed by atoms with Crippen LogP contribution in [-0.4, -0.2) is 22.9 Å². The van der Waals surface area contributed by atoms with Gasteiger partial charge in [0.2, 0.25) is 0 Å². The molecule has 4 nitrogen and oxygen atoms in total. The SMILES string of the molecule is CCCn1ccc2c(OCCO)cccc2c1=O. The Kier molecular flexibility index (Phi) is 3.99. The number of benzene rings is 1. The normalized spacial score (nSPS) is 10.8. The maximum absolute atomic E-state index is 12.2. The lowest BCUT2D eigenvalue weighted by molar-refractivity contribution is 0.203. The minimum atomic E-state index is -0.0384. The molecule has 1 heterocycles. The van der Waals surface area contributed by atoms with Crippen molar-refractivity contribution in [3.05, 3.63) is 40.8 Å². The number of aromatic nitrogens is 1. The van der Waals surface area contributed by atoms with E-state index >= 15 is 0 Å². The molecule has 1 N–H and O–H groups in total. The van der Waals surface area contributed by atoms with Gasteiger partial charge in [0.05, 0.1) is 12.0 Å². The third kappa shape index (κ3) is 2.38. The van der Waals surface area contributed by atoms with Crippen LogP contribution < -0.4 is 10.3 Å². The van der Waals surface area contributed by atoms with E-state index in [4.69, 9.17) is 9.84 Å². The van der Waals surface area contributed by atoms with Crippen LogP contribution in [0.15, 0.2) is 35.3 Å². The first-order valence-corrected chi connectivity index (χ1v) is 6.13. The van der Waals surface area contributed by atoms with Crippen LogP contribution in [0.2, 0.25) is 0 Å². The number of nitrogens with zero attached hydrogens (tertiary/aromatic N) is 1. The van der Waals surface area contributed by atoms with E-state index in [2.05, 4.69) is 0 Å². The van der Waals surface area contributed by atoms with Crippen LogP contribution in [0.5, 0.6) is 5.75 Å². The van der Waals surface area contributed by atoms with E-state index < -0.39 is 0 Å². The summed E-state index contributed by atoms with van der Waals surface area (Å²) in [5.74, 6) is 0.641. The Morgan fingerprint density at radius 2 is 2.11 bits per heavy atom. The molecule has 0 aliphatic rings. The van der Waals surface area contributed by atoms with E-state index in [1.54, 1.807) is 22.9 Å². The Balaban J connectivity index is 2.52. The smallest absolute Gasteiger partial charge is 0.258 e. The molecular weight excluding hydrogens is 230 g/mol. The standard InChI is InChI=1S/C14H17NO3/c1-2-7-15-8-6-11-12(14(15)17)4-3-5-13(11)18-10-9-16/h3-6,8,16H,2,7,9-10H2,1H3. The van der Waals surface area contributed by atoms with Crippen molar-refractivity contribution < 1.29 is 9.84 Å². The highest BCUT2D eigenvalue weighted by molar-refractivity contribution is 5.87. The predicted molar refractivity (Wildman–Crippen MR) is 71.1 cm³/mol. The quantitative estimate of drug-likeness (QED) is 0.876. The molecule has 0 unspecified atom stereocenters. The molecule has 1 aromatic heterocycles. The van der Waals surface area contributed by atoms with Crippen LogP contribution in [0.25, 0.3) is 10.8 Å². The molecule has 2 rings (SSSR count). The molecule has 0 fully saturated rings. The van der Waals surface area contributed by atoms with Crippen LogP contribution in [0.4, 0.5) is 0 Å². The van der Waals surface area contributed by atoms with E-state index in [0.29, 0.717) is 11.1 Å². The van der Waals surface area contributed by atoms with Gasteiger partial charge in [0, 0.05) is 18.1 Å². The average molecular weight is 247 g/mol. The summed E-state index contributed by atoms with van der Waals surface area (Å²) in [7, 11) is 0. The monoisotopic (exact) mass is 247 g/mol. The Bertz CT molecular complexity index is 589. The first-order chi connectivity index (χ1) is 8.77. The van der Waals surface area contributed by atoms with Gasteiger partial charge < -0.3 is 14.4 Å². The van der Waals surface area contributed by atoms with Crippen molar-refractivity contribution in [1.29, 1.82) is 0 Å². The first kappa shape index (κ1) is 12.6. The van der Waals surface area contributed by atoms with Crippen molar-refractivity contribution in [2.24, 2.45) is 0 Å². The van der Waals surface area contributed by atoms with Crippen molar-refractivity contribution in [2.75, 3.05) is 13.2 Å². The predicted octanol–water partition coefficient (Wildman–Crippen LogP) is 1.78. The number of aryl methyl sites for hydroxylation is 1. The summed E-state index contributed by atoms with van der Waals surface area (Å²) in [6, 6.07) is 7.29. The minimum Gasteiger partial charge on any atom is -0.491 e. The molecule has 2 aromatic rings. The minimum absolute atomic E-state index is 0.00352. The number of ether oxygens (including phenoxy) is 1. The highest BCUT2D eigenvalue weighted by Gasteiger charge is 2.06. The lowest BCUT2D eigenvalue weighted by Crippen LogP contribution is -2.19. The van der Waals surface area contributed by atoms with Crippen molar-refractivity contribution in [3.63, 3.8) is 0 Å². The van der Waals surface area contributed by atoms with E-state index in [1.165, 1.54) is 0 Å². The maximum atomic E-state index is 12.2. The third-order valence-electron chi connectivity index (χ3n) is 2.79. The van der Waals surface area contributed by atoms with Gasteiger partial charge in [0.15, 0.2) is 0 Å². The van der Waals surface area contributed by atoms with Gasteiger partial charge in [0.1, 0.15) is 12.4 Å². The molecule has 0 saturated carbocycles. The molecular formula is C14H17NO3. The zero-order chi connectivity index (χ0) is 13.0. The van der Waals surface area contributed by atoms with Gasteiger partial charge in [-0.05, 0) is 24.6 Å². The van der Waals surface area contributed by atoms with Crippen LogP contribution in [0.3, 0.4) is 0 Å². The Morgan fingerprint density at radius 1 is 1.28 bits per heavy atom. The zero-order valence-corrected chi connectivity index (χ0v) is 10.4. The zero-order valence-electron chi connectivity index (χ0n) is 10.4. The van der Waals surface area contributed by atoms with E-state index in [9.17, 15) is 4.79 Å². The van der Waals surface area contributed by atoms with Gasteiger partial charge in [-0.1, -0.05) is 13.0 Å². The van der Waals surface area contributed by atoms with Gasteiger partial charge in [-0.15, -0.1) is 0 Å². The van der Waals surface area contributed by atoms with E-state index in [1.807, 2.05) is 19.1 Å².